The Bertz CT molecular complexity index is 292. The first kappa shape index (κ1) is 12.6. The summed E-state index contributed by atoms with van der Waals surface area (Å²) in [6, 6.07) is 9.30. The molecule has 0 N–H and O–H groups in total. The highest BCUT2D eigenvalue weighted by Gasteiger charge is 2.13. The van der Waals surface area contributed by atoms with Crippen LogP contribution in [-0.2, 0) is 5.33 Å². The number of nitrogens with zero attached hydrogens (tertiary/aromatic N) is 1. The summed E-state index contributed by atoms with van der Waals surface area (Å²) in [7, 11) is 2.16. The predicted molar refractivity (Wildman–Crippen MR) is 71.8 cm³/mol. The Hall–Kier alpha value is -0.500. The Morgan fingerprint density at radius 1 is 1.13 bits per heavy atom. The van der Waals surface area contributed by atoms with E-state index in [1.165, 1.54) is 11.3 Å². The van der Waals surface area contributed by atoms with Gasteiger partial charge < -0.3 is 4.90 Å². The Labute approximate surface area is 102 Å². The van der Waals surface area contributed by atoms with Gasteiger partial charge in [0.15, 0.2) is 0 Å². The lowest BCUT2D eigenvalue weighted by molar-refractivity contribution is 0.505. The summed E-state index contributed by atoms with van der Waals surface area (Å²) in [5.74, 6) is 0.672. The monoisotopic (exact) mass is 269 g/mol. The molecular formula is C13H20BrN. The maximum absolute atomic E-state index is 3.46. The van der Waals surface area contributed by atoms with Crippen molar-refractivity contribution in [2.75, 3.05) is 11.9 Å². The van der Waals surface area contributed by atoms with Crippen molar-refractivity contribution >= 4 is 21.6 Å². The van der Waals surface area contributed by atoms with Crippen molar-refractivity contribution in [2.24, 2.45) is 5.92 Å². The molecule has 0 spiro atoms. The van der Waals surface area contributed by atoms with E-state index in [9.17, 15) is 0 Å². The largest absolute Gasteiger partial charge is 0.372 e. The van der Waals surface area contributed by atoms with Crippen LogP contribution in [0.3, 0.4) is 0 Å². The van der Waals surface area contributed by atoms with Crippen molar-refractivity contribution in [1.29, 1.82) is 0 Å². The van der Waals surface area contributed by atoms with Gasteiger partial charge in [0.25, 0.3) is 0 Å². The molecular weight excluding hydrogens is 250 g/mol. The zero-order valence-electron chi connectivity index (χ0n) is 10.00. The van der Waals surface area contributed by atoms with Crippen molar-refractivity contribution in [3.8, 4) is 0 Å². The van der Waals surface area contributed by atoms with Crippen molar-refractivity contribution in [3.05, 3.63) is 29.8 Å². The van der Waals surface area contributed by atoms with Crippen molar-refractivity contribution < 1.29 is 0 Å². The SMILES string of the molecule is CC(C)C(C)N(C)c1ccc(CBr)cc1. The fourth-order valence-electron chi connectivity index (χ4n) is 1.50. The molecule has 84 valence electrons. The molecule has 1 atom stereocenters. The lowest BCUT2D eigenvalue weighted by Crippen LogP contribution is -2.33. The van der Waals surface area contributed by atoms with Crippen LogP contribution < -0.4 is 4.90 Å². The van der Waals surface area contributed by atoms with Crippen LogP contribution >= 0.6 is 15.9 Å². The lowest BCUT2D eigenvalue weighted by atomic mass is 10.0. The molecule has 0 aliphatic heterocycles. The summed E-state index contributed by atoms with van der Waals surface area (Å²) in [5.41, 5.74) is 2.62. The first-order valence-electron chi connectivity index (χ1n) is 5.44. The van der Waals surface area contributed by atoms with Gasteiger partial charge in [-0.2, -0.15) is 0 Å². The highest BCUT2D eigenvalue weighted by molar-refractivity contribution is 9.08. The number of benzene rings is 1. The molecule has 0 saturated heterocycles. The summed E-state index contributed by atoms with van der Waals surface area (Å²) in [4.78, 5) is 2.34. The smallest absolute Gasteiger partial charge is 0.0366 e. The van der Waals surface area contributed by atoms with Gasteiger partial charge in [-0.3, -0.25) is 0 Å². The van der Waals surface area contributed by atoms with Gasteiger partial charge in [0.05, 0.1) is 0 Å². The van der Waals surface area contributed by atoms with Crippen LogP contribution in [0.15, 0.2) is 24.3 Å². The molecule has 0 fully saturated rings. The van der Waals surface area contributed by atoms with E-state index in [2.05, 4.69) is 72.9 Å². The van der Waals surface area contributed by atoms with Gasteiger partial charge in [0.1, 0.15) is 0 Å². The van der Waals surface area contributed by atoms with E-state index in [0.29, 0.717) is 12.0 Å². The van der Waals surface area contributed by atoms with Gasteiger partial charge in [-0.05, 0) is 30.5 Å². The molecule has 0 bridgehead atoms. The predicted octanol–water partition coefficient (Wildman–Crippen LogP) is 4.06. The van der Waals surface area contributed by atoms with Gasteiger partial charge in [-0.1, -0.05) is 41.9 Å². The Balaban J connectivity index is 2.78. The first-order chi connectivity index (χ1) is 7.06. The summed E-state index contributed by atoms with van der Waals surface area (Å²) in [6.45, 7) is 6.78. The molecule has 0 radical (unpaired) electrons. The normalized spacial score (nSPS) is 12.9. The molecule has 1 rings (SSSR count). The van der Waals surface area contributed by atoms with Crippen LogP contribution in [0.4, 0.5) is 5.69 Å². The van der Waals surface area contributed by atoms with E-state index in [-0.39, 0.29) is 0 Å². The van der Waals surface area contributed by atoms with Crippen LogP contribution in [0.1, 0.15) is 26.3 Å². The Morgan fingerprint density at radius 3 is 2.07 bits per heavy atom. The molecule has 0 amide bonds. The molecule has 1 aromatic rings. The van der Waals surface area contributed by atoms with Gasteiger partial charge in [-0.15, -0.1) is 0 Å². The topological polar surface area (TPSA) is 3.24 Å². The van der Waals surface area contributed by atoms with Crippen LogP contribution in [0.25, 0.3) is 0 Å². The molecule has 0 aliphatic rings. The third kappa shape index (κ3) is 3.23. The standard InChI is InChI=1S/C13H20BrN/c1-10(2)11(3)15(4)13-7-5-12(9-14)6-8-13/h5-8,10-11H,9H2,1-4H3. The van der Waals surface area contributed by atoms with Gasteiger partial charge >= 0.3 is 0 Å². The van der Waals surface area contributed by atoms with Gasteiger partial charge in [0.2, 0.25) is 0 Å². The van der Waals surface area contributed by atoms with E-state index in [1.807, 2.05) is 0 Å². The third-order valence-electron chi connectivity index (χ3n) is 3.07. The molecule has 1 nitrogen and oxygen atoms in total. The van der Waals surface area contributed by atoms with Crippen LogP contribution in [-0.4, -0.2) is 13.1 Å². The second-order valence-electron chi connectivity index (χ2n) is 4.40. The van der Waals surface area contributed by atoms with Gasteiger partial charge in [-0.25, -0.2) is 0 Å². The minimum absolute atomic E-state index is 0.569. The summed E-state index contributed by atoms with van der Waals surface area (Å²) < 4.78 is 0. The lowest BCUT2D eigenvalue weighted by Gasteiger charge is -2.30. The minimum atomic E-state index is 0.569. The first-order valence-corrected chi connectivity index (χ1v) is 6.56. The molecule has 15 heavy (non-hydrogen) atoms. The molecule has 1 aromatic carbocycles. The Kier molecular flexibility index (Phi) is 4.65. The number of alkyl halides is 1. The van der Waals surface area contributed by atoms with Gasteiger partial charge in [0, 0.05) is 24.1 Å². The van der Waals surface area contributed by atoms with Crippen LogP contribution in [0.2, 0.25) is 0 Å². The number of hydrogen-bond acceptors (Lipinski definition) is 1. The second-order valence-corrected chi connectivity index (χ2v) is 4.96. The van der Waals surface area contributed by atoms with Crippen LogP contribution in [0.5, 0.6) is 0 Å². The molecule has 0 saturated carbocycles. The molecule has 0 aliphatic carbocycles. The van der Waals surface area contributed by atoms with Crippen molar-refractivity contribution in [1.82, 2.24) is 0 Å². The van der Waals surface area contributed by atoms with Crippen molar-refractivity contribution in [2.45, 2.75) is 32.1 Å². The number of anilines is 1. The second kappa shape index (κ2) is 5.55. The minimum Gasteiger partial charge on any atom is -0.372 e. The highest BCUT2D eigenvalue weighted by Crippen LogP contribution is 2.20. The molecule has 0 aromatic heterocycles. The van der Waals surface area contributed by atoms with E-state index in [1.54, 1.807) is 0 Å². The maximum atomic E-state index is 3.46. The number of halogens is 1. The van der Waals surface area contributed by atoms with E-state index in [0.717, 1.165) is 5.33 Å². The van der Waals surface area contributed by atoms with Crippen LogP contribution in [0, 0.1) is 5.92 Å². The van der Waals surface area contributed by atoms with E-state index < -0.39 is 0 Å². The average molecular weight is 270 g/mol. The fraction of sp³-hybridized carbons (Fsp3) is 0.538. The summed E-state index contributed by atoms with van der Waals surface area (Å²) in [6.07, 6.45) is 0. The van der Waals surface area contributed by atoms with Crippen molar-refractivity contribution in [3.63, 3.8) is 0 Å². The summed E-state index contributed by atoms with van der Waals surface area (Å²) >= 11 is 3.46. The van der Waals surface area contributed by atoms with E-state index in [4.69, 9.17) is 0 Å². The quantitative estimate of drug-likeness (QED) is 0.746. The fourth-order valence-corrected chi connectivity index (χ4v) is 1.88. The maximum Gasteiger partial charge on any atom is 0.0366 e. The third-order valence-corrected chi connectivity index (χ3v) is 3.72. The highest BCUT2D eigenvalue weighted by atomic mass is 79.9. The summed E-state index contributed by atoms with van der Waals surface area (Å²) in [5, 5.41) is 0.927. The average Bonchev–Trinajstić information content (AvgIpc) is 2.27. The number of rotatable bonds is 4. The Morgan fingerprint density at radius 2 is 1.67 bits per heavy atom. The number of hydrogen-bond donors (Lipinski definition) is 0. The zero-order chi connectivity index (χ0) is 11.4. The molecule has 0 heterocycles. The van der Waals surface area contributed by atoms with E-state index >= 15 is 0 Å². The molecule has 2 heteroatoms. The zero-order valence-corrected chi connectivity index (χ0v) is 11.6. The molecule has 1 unspecified atom stereocenters.